The Morgan fingerprint density at radius 1 is 1.42 bits per heavy atom. The Morgan fingerprint density at radius 3 is 2.74 bits per heavy atom. The third-order valence-corrected chi connectivity index (χ3v) is 3.97. The Labute approximate surface area is 119 Å². The molecule has 5 nitrogen and oxygen atoms in total. The van der Waals surface area contributed by atoms with E-state index in [1.165, 1.54) is 17.0 Å². The van der Waals surface area contributed by atoms with Gasteiger partial charge < -0.3 is 5.32 Å². The predicted molar refractivity (Wildman–Crippen MR) is 77.0 cm³/mol. The highest BCUT2D eigenvalue weighted by Gasteiger charge is 2.18. The van der Waals surface area contributed by atoms with E-state index in [0.29, 0.717) is 0 Å². The monoisotopic (exact) mass is 297 g/mol. The van der Waals surface area contributed by atoms with E-state index in [9.17, 15) is 10.1 Å². The van der Waals surface area contributed by atoms with E-state index < -0.39 is 4.92 Å². The van der Waals surface area contributed by atoms with Crippen LogP contribution in [-0.4, -0.2) is 9.91 Å². The molecule has 0 saturated heterocycles. The molecule has 0 saturated carbocycles. The molecular formula is C12H12ClN3O2S. The number of pyridine rings is 1. The van der Waals surface area contributed by atoms with Crippen molar-refractivity contribution in [2.24, 2.45) is 0 Å². The minimum Gasteiger partial charge on any atom is -0.357 e. The Bertz CT molecular complexity index is 615. The molecule has 1 unspecified atom stereocenters. The van der Waals surface area contributed by atoms with Gasteiger partial charge in [-0.3, -0.25) is 10.1 Å². The largest absolute Gasteiger partial charge is 0.357 e. The molecule has 0 aliphatic heterocycles. The zero-order valence-electron chi connectivity index (χ0n) is 10.4. The standard InChI is InChI=1S/C12H12ClN3O2S/c1-7-3-5-10(19-7)8(2)14-12-9(16(17)18)4-6-11(13)15-12/h3-6,8H,1-2H3,(H,14,15). The van der Waals surface area contributed by atoms with Crippen LogP contribution in [-0.2, 0) is 0 Å². The van der Waals surface area contributed by atoms with Gasteiger partial charge in [-0.15, -0.1) is 11.3 Å². The minimum absolute atomic E-state index is 0.0663. The molecule has 0 radical (unpaired) electrons. The van der Waals surface area contributed by atoms with Gasteiger partial charge in [0.2, 0.25) is 5.82 Å². The van der Waals surface area contributed by atoms with Gasteiger partial charge in [0.25, 0.3) is 0 Å². The minimum atomic E-state index is -0.474. The van der Waals surface area contributed by atoms with Crippen molar-refractivity contribution in [3.63, 3.8) is 0 Å². The lowest BCUT2D eigenvalue weighted by atomic mass is 10.2. The number of rotatable bonds is 4. The average Bonchev–Trinajstić information content (AvgIpc) is 2.75. The molecule has 0 aliphatic carbocycles. The predicted octanol–water partition coefficient (Wildman–Crippen LogP) is 4.19. The van der Waals surface area contributed by atoms with Crippen LogP contribution in [0.5, 0.6) is 0 Å². The molecule has 19 heavy (non-hydrogen) atoms. The summed E-state index contributed by atoms with van der Waals surface area (Å²) in [5.41, 5.74) is -0.0791. The fourth-order valence-electron chi connectivity index (χ4n) is 1.64. The second kappa shape index (κ2) is 5.54. The van der Waals surface area contributed by atoms with Crippen LogP contribution >= 0.6 is 22.9 Å². The van der Waals surface area contributed by atoms with E-state index in [0.717, 1.165) is 4.88 Å². The maximum atomic E-state index is 10.9. The van der Waals surface area contributed by atoms with Gasteiger partial charge in [-0.05, 0) is 32.0 Å². The number of halogens is 1. The fourth-order valence-corrected chi connectivity index (χ4v) is 2.67. The highest BCUT2D eigenvalue weighted by Crippen LogP contribution is 2.30. The van der Waals surface area contributed by atoms with Crippen molar-refractivity contribution in [2.45, 2.75) is 19.9 Å². The summed E-state index contributed by atoms with van der Waals surface area (Å²) in [6, 6.07) is 6.70. The zero-order chi connectivity index (χ0) is 14.0. The quantitative estimate of drug-likeness (QED) is 0.522. The van der Waals surface area contributed by atoms with E-state index in [2.05, 4.69) is 10.3 Å². The van der Waals surface area contributed by atoms with Gasteiger partial charge in [-0.2, -0.15) is 0 Å². The third kappa shape index (κ3) is 3.21. The van der Waals surface area contributed by atoms with Gasteiger partial charge in [0.05, 0.1) is 11.0 Å². The number of aryl methyl sites for hydroxylation is 1. The number of nitro groups is 1. The average molecular weight is 298 g/mol. The van der Waals surface area contributed by atoms with Crippen LogP contribution in [0.25, 0.3) is 0 Å². The molecule has 2 aromatic heterocycles. The van der Waals surface area contributed by atoms with Crippen molar-refractivity contribution in [2.75, 3.05) is 5.32 Å². The molecular weight excluding hydrogens is 286 g/mol. The summed E-state index contributed by atoms with van der Waals surface area (Å²) in [7, 11) is 0. The molecule has 100 valence electrons. The highest BCUT2D eigenvalue weighted by molar-refractivity contribution is 7.12. The van der Waals surface area contributed by atoms with Gasteiger partial charge >= 0.3 is 5.69 Å². The third-order valence-electron chi connectivity index (χ3n) is 2.58. The molecule has 0 amide bonds. The van der Waals surface area contributed by atoms with Crippen molar-refractivity contribution in [1.29, 1.82) is 0 Å². The van der Waals surface area contributed by atoms with Gasteiger partial charge in [-0.25, -0.2) is 4.98 Å². The van der Waals surface area contributed by atoms with E-state index in [4.69, 9.17) is 11.6 Å². The maximum Gasteiger partial charge on any atom is 0.311 e. The summed E-state index contributed by atoms with van der Waals surface area (Å²) >= 11 is 7.42. The van der Waals surface area contributed by atoms with Crippen molar-refractivity contribution < 1.29 is 4.92 Å². The van der Waals surface area contributed by atoms with Crippen LogP contribution in [0, 0.1) is 17.0 Å². The second-order valence-corrected chi connectivity index (χ2v) is 5.78. The molecule has 0 spiro atoms. The Hall–Kier alpha value is -1.66. The number of aromatic nitrogens is 1. The first-order valence-electron chi connectivity index (χ1n) is 5.61. The summed E-state index contributed by atoms with van der Waals surface area (Å²) in [4.78, 5) is 16.7. The lowest BCUT2D eigenvalue weighted by Gasteiger charge is -2.13. The number of hydrogen-bond donors (Lipinski definition) is 1. The summed E-state index contributed by atoms with van der Waals surface area (Å²) in [5, 5.41) is 14.2. The van der Waals surface area contributed by atoms with Gasteiger partial charge in [0.1, 0.15) is 5.15 Å². The molecule has 2 rings (SSSR count). The first-order chi connectivity index (χ1) is 8.97. The molecule has 1 N–H and O–H groups in total. The zero-order valence-corrected chi connectivity index (χ0v) is 12.0. The van der Waals surface area contributed by atoms with E-state index in [1.807, 2.05) is 26.0 Å². The van der Waals surface area contributed by atoms with Crippen molar-refractivity contribution >= 4 is 34.4 Å². The number of nitrogens with one attached hydrogen (secondary N) is 1. The van der Waals surface area contributed by atoms with Crippen molar-refractivity contribution in [1.82, 2.24) is 4.98 Å². The van der Waals surface area contributed by atoms with Crippen LogP contribution < -0.4 is 5.32 Å². The number of thiophene rings is 1. The summed E-state index contributed by atoms with van der Waals surface area (Å²) in [6.45, 7) is 3.94. The Morgan fingerprint density at radius 2 is 2.16 bits per heavy atom. The number of hydrogen-bond acceptors (Lipinski definition) is 5. The molecule has 0 bridgehead atoms. The molecule has 1 atom stereocenters. The molecule has 0 aromatic carbocycles. The number of nitrogens with zero attached hydrogens (tertiary/aromatic N) is 2. The molecule has 0 aliphatic rings. The van der Waals surface area contributed by atoms with Crippen LogP contribution in [0.1, 0.15) is 22.7 Å². The molecule has 0 fully saturated rings. The van der Waals surface area contributed by atoms with Crippen molar-refractivity contribution in [3.05, 3.63) is 49.3 Å². The topological polar surface area (TPSA) is 68.1 Å². The van der Waals surface area contributed by atoms with Crippen LogP contribution in [0.15, 0.2) is 24.3 Å². The summed E-state index contributed by atoms with van der Waals surface area (Å²) < 4.78 is 0. The lowest BCUT2D eigenvalue weighted by molar-refractivity contribution is -0.384. The molecule has 2 heterocycles. The van der Waals surface area contributed by atoms with E-state index >= 15 is 0 Å². The number of anilines is 1. The lowest BCUT2D eigenvalue weighted by Crippen LogP contribution is -2.08. The fraction of sp³-hybridized carbons (Fsp3) is 0.250. The smallest absolute Gasteiger partial charge is 0.311 e. The molecule has 2 aromatic rings. The first kappa shape index (κ1) is 13.8. The van der Waals surface area contributed by atoms with E-state index in [-0.39, 0.29) is 22.7 Å². The maximum absolute atomic E-state index is 10.9. The molecule has 7 heteroatoms. The van der Waals surface area contributed by atoms with Crippen LogP contribution in [0.4, 0.5) is 11.5 Å². The Balaban J connectivity index is 2.27. The Kier molecular flexibility index (Phi) is 4.01. The van der Waals surface area contributed by atoms with Gasteiger partial charge in [0, 0.05) is 15.8 Å². The van der Waals surface area contributed by atoms with Gasteiger partial charge in [0.15, 0.2) is 0 Å². The second-order valence-electron chi connectivity index (χ2n) is 4.07. The normalized spacial score (nSPS) is 12.2. The van der Waals surface area contributed by atoms with Crippen LogP contribution in [0.3, 0.4) is 0 Å². The first-order valence-corrected chi connectivity index (χ1v) is 6.80. The highest BCUT2D eigenvalue weighted by atomic mass is 35.5. The van der Waals surface area contributed by atoms with Crippen molar-refractivity contribution in [3.8, 4) is 0 Å². The summed E-state index contributed by atoms with van der Waals surface area (Å²) in [5.74, 6) is 0.191. The van der Waals surface area contributed by atoms with Gasteiger partial charge in [-0.1, -0.05) is 11.6 Å². The van der Waals surface area contributed by atoms with Crippen LogP contribution in [0.2, 0.25) is 5.15 Å². The van der Waals surface area contributed by atoms with E-state index in [1.54, 1.807) is 11.3 Å². The summed E-state index contributed by atoms with van der Waals surface area (Å²) in [6.07, 6.45) is 0. The SMILES string of the molecule is Cc1ccc(C(C)Nc2nc(Cl)ccc2[N+](=O)[O-])s1.